The minimum Gasteiger partial charge on any atom is -0.373 e. The van der Waals surface area contributed by atoms with Gasteiger partial charge in [0.1, 0.15) is 0 Å². The van der Waals surface area contributed by atoms with Crippen LogP contribution in [0.4, 0.5) is 0 Å². The van der Waals surface area contributed by atoms with Gasteiger partial charge in [-0.3, -0.25) is 0 Å². The van der Waals surface area contributed by atoms with Crippen LogP contribution in [-0.4, -0.2) is 0 Å². The fourth-order valence-corrected chi connectivity index (χ4v) is 3.76. The summed E-state index contributed by atoms with van der Waals surface area (Å²) >= 11 is 0. The zero-order valence-electron chi connectivity index (χ0n) is 20.6. The average molecular weight is 480 g/mol. The summed E-state index contributed by atoms with van der Waals surface area (Å²) in [7, 11) is 0. The van der Waals surface area contributed by atoms with Crippen LogP contribution >= 0.6 is 0 Å². The molecule has 166 valence electrons. The van der Waals surface area contributed by atoms with E-state index in [-0.39, 0.29) is 26.2 Å². The standard InChI is InChI=1S/C18H32.2C5H10.Zr/c1-5-9-12-16-18(15-11-7-3)17(13-8-4)14-10-6-2;2*1-2-4-5-3-1;/h5-13,15H2,1-4H3;2*1-5H2;/q-2;;;+4. The van der Waals surface area contributed by atoms with Crippen LogP contribution in [0.3, 0.4) is 0 Å². The predicted octanol–water partition coefficient (Wildman–Crippen LogP) is 10.3. The third-order valence-electron chi connectivity index (χ3n) is 5.60. The summed E-state index contributed by atoms with van der Waals surface area (Å²) < 4.78 is 0. The zero-order chi connectivity index (χ0) is 20.7. The first-order valence-corrected chi connectivity index (χ1v) is 13.0. The number of allylic oxidation sites excluding steroid dienone is 4. The van der Waals surface area contributed by atoms with Crippen LogP contribution in [0, 0.1) is 12.2 Å². The number of hydrogen-bond acceptors (Lipinski definition) is 0. The molecule has 0 N–H and O–H groups in total. The molecule has 0 aromatic heterocycles. The van der Waals surface area contributed by atoms with E-state index in [4.69, 9.17) is 0 Å². The van der Waals surface area contributed by atoms with Gasteiger partial charge in [0.05, 0.1) is 0 Å². The minimum absolute atomic E-state index is 0. The zero-order valence-corrected chi connectivity index (χ0v) is 23.1. The van der Waals surface area contributed by atoms with Crippen molar-refractivity contribution in [2.24, 2.45) is 0 Å². The normalized spacial score (nSPS) is 16.4. The van der Waals surface area contributed by atoms with Crippen LogP contribution in [0.5, 0.6) is 0 Å². The van der Waals surface area contributed by atoms with Gasteiger partial charge in [-0.05, 0) is 0 Å². The van der Waals surface area contributed by atoms with E-state index in [1.165, 1.54) is 127 Å². The van der Waals surface area contributed by atoms with Crippen LogP contribution < -0.4 is 0 Å². The van der Waals surface area contributed by atoms with Crippen molar-refractivity contribution in [3.05, 3.63) is 23.3 Å². The maximum atomic E-state index is 3.67. The van der Waals surface area contributed by atoms with E-state index in [0.29, 0.717) is 0 Å². The van der Waals surface area contributed by atoms with Crippen LogP contribution in [0.1, 0.15) is 156 Å². The van der Waals surface area contributed by atoms with Gasteiger partial charge in [0.15, 0.2) is 0 Å². The van der Waals surface area contributed by atoms with Gasteiger partial charge in [-0.1, -0.05) is 130 Å². The fraction of sp³-hybridized carbons (Fsp3) is 0.857. The molecule has 0 amide bonds. The summed E-state index contributed by atoms with van der Waals surface area (Å²) in [5.41, 5.74) is 2.93. The Kier molecular flexibility index (Phi) is 28.7. The second-order valence-corrected chi connectivity index (χ2v) is 8.55. The molecule has 29 heavy (non-hydrogen) atoms. The van der Waals surface area contributed by atoms with Crippen molar-refractivity contribution in [1.29, 1.82) is 0 Å². The Labute approximate surface area is 204 Å². The number of hydrogen-bond donors (Lipinski definition) is 0. The summed E-state index contributed by atoms with van der Waals surface area (Å²) in [4.78, 5) is 0. The van der Waals surface area contributed by atoms with Crippen molar-refractivity contribution in [1.82, 2.24) is 0 Å². The monoisotopic (exact) mass is 478 g/mol. The Morgan fingerprint density at radius 2 is 0.897 bits per heavy atom. The molecule has 0 saturated heterocycles. The Hall–Kier alpha value is 0.363. The molecule has 0 unspecified atom stereocenters. The molecule has 2 saturated carbocycles. The van der Waals surface area contributed by atoms with Gasteiger partial charge in [-0.25, -0.2) is 0 Å². The number of unbranched alkanes of at least 4 members (excludes halogenated alkanes) is 4. The third-order valence-corrected chi connectivity index (χ3v) is 5.60. The number of rotatable bonds is 11. The molecule has 0 aromatic carbocycles. The first-order chi connectivity index (χ1) is 13.8. The summed E-state index contributed by atoms with van der Waals surface area (Å²) in [6.45, 7) is 9.01. The van der Waals surface area contributed by atoms with Gasteiger partial charge < -0.3 is 23.3 Å². The molecular weight excluding hydrogens is 428 g/mol. The Morgan fingerprint density at radius 1 is 0.483 bits per heavy atom. The fourth-order valence-electron chi connectivity index (χ4n) is 3.76. The molecule has 0 aromatic rings. The Morgan fingerprint density at radius 3 is 1.28 bits per heavy atom. The van der Waals surface area contributed by atoms with Gasteiger partial charge in [-0.2, -0.15) is 0 Å². The van der Waals surface area contributed by atoms with Crippen molar-refractivity contribution in [3.8, 4) is 0 Å². The van der Waals surface area contributed by atoms with Crippen LogP contribution in [0.15, 0.2) is 11.1 Å². The molecule has 0 spiro atoms. The van der Waals surface area contributed by atoms with Crippen molar-refractivity contribution < 1.29 is 26.2 Å². The van der Waals surface area contributed by atoms with Crippen molar-refractivity contribution in [3.63, 3.8) is 0 Å². The molecule has 0 nitrogen and oxygen atoms in total. The molecule has 2 fully saturated rings. The molecule has 0 heterocycles. The van der Waals surface area contributed by atoms with E-state index in [1.54, 1.807) is 0 Å². The quantitative estimate of drug-likeness (QED) is 0.157. The SMILES string of the molecule is C1CCCC1.C1CCCC1.CCC[C-]=C(CCC)C(=[C-]CCCC)CCCC.[Zr+4]. The van der Waals surface area contributed by atoms with Gasteiger partial charge in [0, 0.05) is 0 Å². The van der Waals surface area contributed by atoms with E-state index in [2.05, 4.69) is 39.8 Å². The van der Waals surface area contributed by atoms with Crippen LogP contribution in [0.2, 0.25) is 0 Å². The molecular formula is C28H52Zr+2. The Balaban J connectivity index is 0. The largest absolute Gasteiger partial charge is 4.00 e. The van der Waals surface area contributed by atoms with E-state index < -0.39 is 0 Å². The van der Waals surface area contributed by atoms with Gasteiger partial charge >= 0.3 is 26.2 Å². The molecule has 2 aliphatic carbocycles. The van der Waals surface area contributed by atoms with E-state index in [1.807, 2.05) is 0 Å². The summed E-state index contributed by atoms with van der Waals surface area (Å²) in [6.07, 6.45) is 34.4. The van der Waals surface area contributed by atoms with Crippen LogP contribution in [-0.2, 0) is 26.2 Å². The maximum absolute atomic E-state index is 3.67. The van der Waals surface area contributed by atoms with Gasteiger partial charge in [0.2, 0.25) is 0 Å². The van der Waals surface area contributed by atoms with Gasteiger partial charge in [0.25, 0.3) is 0 Å². The Bertz CT molecular complexity index is 333. The summed E-state index contributed by atoms with van der Waals surface area (Å²) in [5, 5.41) is 0. The minimum atomic E-state index is 0. The molecule has 1 heteroatoms. The molecule has 0 aliphatic heterocycles. The second kappa shape index (κ2) is 26.4. The molecule has 0 radical (unpaired) electrons. The first kappa shape index (κ1) is 31.5. The van der Waals surface area contributed by atoms with Crippen molar-refractivity contribution >= 4 is 0 Å². The predicted molar refractivity (Wildman–Crippen MR) is 129 cm³/mol. The second-order valence-electron chi connectivity index (χ2n) is 8.55. The molecule has 2 rings (SSSR count). The van der Waals surface area contributed by atoms with Crippen LogP contribution in [0.25, 0.3) is 0 Å². The maximum Gasteiger partial charge on any atom is 4.00 e. The molecule has 0 bridgehead atoms. The third kappa shape index (κ3) is 21.4. The smallest absolute Gasteiger partial charge is 0.373 e. The first-order valence-electron chi connectivity index (χ1n) is 13.0. The van der Waals surface area contributed by atoms with Gasteiger partial charge in [-0.15, -0.1) is 25.7 Å². The average Bonchev–Trinajstić information content (AvgIpc) is 3.47. The van der Waals surface area contributed by atoms with E-state index in [9.17, 15) is 0 Å². The van der Waals surface area contributed by atoms with E-state index in [0.717, 1.165) is 12.8 Å². The van der Waals surface area contributed by atoms with Crippen molar-refractivity contribution in [2.45, 2.75) is 156 Å². The summed E-state index contributed by atoms with van der Waals surface area (Å²) in [6, 6.07) is 0. The molecule has 2 aliphatic rings. The van der Waals surface area contributed by atoms with E-state index >= 15 is 0 Å². The summed E-state index contributed by atoms with van der Waals surface area (Å²) in [5.74, 6) is 0. The topological polar surface area (TPSA) is 0 Å². The molecule has 0 atom stereocenters. The van der Waals surface area contributed by atoms with Crippen molar-refractivity contribution in [2.75, 3.05) is 0 Å².